The van der Waals surface area contributed by atoms with Crippen LogP contribution in [-0.2, 0) is 6.42 Å². The first kappa shape index (κ1) is 29.1. The summed E-state index contributed by atoms with van der Waals surface area (Å²) in [5.74, 6) is 5.60. The maximum Gasteiger partial charge on any atom is 0.139 e. The Morgan fingerprint density at radius 3 is 1.84 bits per heavy atom. The van der Waals surface area contributed by atoms with Crippen LogP contribution < -0.4 is 0 Å². The van der Waals surface area contributed by atoms with Gasteiger partial charge >= 0.3 is 0 Å². The molecule has 6 rings (SSSR count). The summed E-state index contributed by atoms with van der Waals surface area (Å²) in [6, 6.07) is 37.3. The SMILES string of the molecule is CCCCc1ccc(C#Cc2c(C)cc(-c3ccc4cc(-c5ccc(-c6ccc(C)cc6)cc5F)ccc4c3)cc2F)cc1. The van der Waals surface area contributed by atoms with Crippen molar-refractivity contribution in [3.8, 4) is 45.2 Å². The lowest BCUT2D eigenvalue weighted by Crippen LogP contribution is -1.92. The average molecular weight is 577 g/mol. The van der Waals surface area contributed by atoms with Gasteiger partial charge in [0.15, 0.2) is 0 Å². The van der Waals surface area contributed by atoms with E-state index in [2.05, 4.69) is 37.0 Å². The van der Waals surface area contributed by atoms with Crippen molar-refractivity contribution in [3.63, 3.8) is 0 Å². The van der Waals surface area contributed by atoms with Crippen LogP contribution in [0.3, 0.4) is 0 Å². The van der Waals surface area contributed by atoms with E-state index in [0.29, 0.717) is 11.1 Å². The van der Waals surface area contributed by atoms with Gasteiger partial charge in [0.05, 0.1) is 5.56 Å². The average Bonchev–Trinajstić information content (AvgIpc) is 3.03. The van der Waals surface area contributed by atoms with Crippen LogP contribution in [0.15, 0.2) is 115 Å². The highest BCUT2D eigenvalue weighted by Crippen LogP contribution is 2.33. The van der Waals surface area contributed by atoms with E-state index in [9.17, 15) is 0 Å². The molecule has 0 radical (unpaired) electrons. The second-order valence-corrected chi connectivity index (χ2v) is 11.5. The third kappa shape index (κ3) is 6.34. The summed E-state index contributed by atoms with van der Waals surface area (Å²) in [7, 11) is 0. The van der Waals surface area contributed by atoms with Crippen molar-refractivity contribution in [2.24, 2.45) is 0 Å². The molecule has 0 spiro atoms. The maximum atomic E-state index is 15.3. The second kappa shape index (κ2) is 12.7. The number of halogens is 2. The van der Waals surface area contributed by atoms with Gasteiger partial charge in [-0.1, -0.05) is 104 Å². The van der Waals surface area contributed by atoms with Crippen molar-refractivity contribution in [3.05, 3.63) is 155 Å². The third-order valence-electron chi connectivity index (χ3n) is 8.23. The Hall–Kier alpha value is -5.00. The fourth-order valence-electron chi connectivity index (χ4n) is 5.61. The highest BCUT2D eigenvalue weighted by atomic mass is 19.1. The van der Waals surface area contributed by atoms with Gasteiger partial charge in [0.1, 0.15) is 11.6 Å². The zero-order chi connectivity index (χ0) is 30.6. The zero-order valence-electron chi connectivity index (χ0n) is 25.3. The van der Waals surface area contributed by atoms with E-state index >= 15 is 8.78 Å². The second-order valence-electron chi connectivity index (χ2n) is 11.5. The van der Waals surface area contributed by atoms with E-state index in [1.165, 1.54) is 24.0 Å². The summed E-state index contributed by atoms with van der Waals surface area (Å²) in [5.41, 5.74) is 9.52. The lowest BCUT2D eigenvalue weighted by Gasteiger charge is -2.10. The van der Waals surface area contributed by atoms with E-state index in [4.69, 9.17) is 0 Å². The molecule has 44 heavy (non-hydrogen) atoms. The maximum absolute atomic E-state index is 15.3. The van der Waals surface area contributed by atoms with Gasteiger partial charge in [-0.05, 0) is 119 Å². The number of benzene rings is 6. The molecule has 0 unspecified atom stereocenters. The Labute approximate surface area is 259 Å². The van der Waals surface area contributed by atoms with Gasteiger partial charge in [0.25, 0.3) is 0 Å². The number of aryl methyl sites for hydroxylation is 3. The lowest BCUT2D eigenvalue weighted by molar-refractivity contribution is 0.623. The predicted molar refractivity (Wildman–Crippen MR) is 181 cm³/mol. The van der Waals surface area contributed by atoms with E-state index in [-0.39, 0.29) is 11.6 Å². The molecule has 2 heteroatoms. The summed E-state index contributed by atoms with van der Waals surface area (Å²) in [5, 5.41) is 2.00. The van der Waals surface area contributed by atoms with E-state index in [1.54, 1.807) is 12.1 Å². The van der Waals surface area contributed by atoms with Crippen LogP contribution in [0.5, 0.6) is 0 Å². The van der Waals surface area contributed by atoms with Gasteiger partial charge in [-0.25, -0.2) is 8.78 Å². The molecule has 0 fully saturated rings. The molecule has 0 saturated carbocycles. The van der Waals surface area contributed by atoms with Crippen molar-refractivity contribution in [2.75, 3.05) is 0 Å². The molecule has 0 aromatic heterocycles. The summed E-state index contributed by atoms with van der Waals surface area (Å²) >= 11 is 0. The molecule has 6 aromatic carbocycles. The Morgan fingerprint density at radius 1 is 0.545 bits per heavy atom. The molecular formula is C42H34F2. The Bertz CT molecular complexity index is 2000. The molecule has 0 N–H and O–H groups in total. The van der Waals surface area contributed by atoms with Crippen LogP contribution in [0.1, 0.15) is 47.6 Å². The number of hydrogen-bond acceptors (Lipinski definition) is 0. The molecule has 0 amide bonds. The summed E-state index contributed by atoms with van der Waals surface area (Å²) in [4.78, 5) is 0. The van der Waals surface area contributed by atoms with Crippen LogP contribution in [0.25, 0.3) is 44.2 Å². The fraction of sp³-hybridized carbons (Fsp3) is 0.143. The third-order valence-corrected chi connectivity index (χ3v) is 8.23. The predicted octanol–water partition coefficient (Wildman–Crippen LogP) is 11.5. The molecule has 0 aliphatic rings. The molecule has 0 nitrogen and oxygen atoms in total. The molecule has 0 aliphatic carbocycles. The summed E-state index contributed by atoms with van der Waals surface area (Å²) in [6.07, 6.45) is 3.41. The minimum atomic E-state index is -0.327. The largest absolute Gasteiger partial charge is 0.206 e. The first-order valence-electron chi connectivity index (χ1n) is 15.2. The van der Waals surface area contributed by atoms with Crippen molar-refractivity contribution in [1.29, 1.82) is 0 Å². The van der Waals surface area contributed by atoms with Crippen LogP contribution in [0.2, 0.25) is 0 Å². The van der Waals surface area contributed by atoms with E-state index < -0.39 is 0 Å². The summed E-state index contributed by atoms with van der Waals surface area (Å²) < 4.78 is 30.6. The van der Waals surface area contributed by atoms with Crippen LogP contribution in [0, 0.1) is 37.3 Å². The molecule has 0 bridgehead atoms. The number of unbranched alkanes of at least 4 members (excludes halogenated alkanes) is 1. The van der Waals surface area contributed by atoms with Gasteiger partial charge in [0, 0.05) is 11.1 Å². The van der Waals surface area contributed by atoms with Crippen LogP contribution in [0.4, 0.5) is 8.78 Å². The molecule has 0 saturated heterocycles. The minimum absolute atomic E-state index is 0.253. The fourth-order valence-corrected chi connectivity index (χ4v) is 5.61. The van der Waals surface area contributed by atoms with Crippen molar-refractivity contribution >= 4 is 10.8 Å². The smallest absolute Gasteiger partial charge is 0.139 e. The summed E-state index contributed by atoms with van der Waals surface area (Å²) in [6.45, 7) is 6.13. The van der Waals surface area contributed by atoms with Crippen LogP contribution >= 0.6 is 0 Å². The minimum Gasteiger partial charge on any atom is -0.206 e. The topological polar surface area (TPSA) is 0 Å². The Kier molecular flexibility index (Phi) is 8.40. The zero-order valence-corrected chi connectivity index (χ0v) is 25.3. The molecule has 0 aliphatic heterocycles. The van der Waals surface area contributed by atoms with Gasteiger partial charge in [0.2, 0.25) is 0 Å². The normalized spacial score (nSPS) is 10.9. The van der Waals surface area contributed by atoms with E-state index in [1.807, 2.05) is 98.8 Å². The Morgan fingerprint density at radius 2 is 1.16 bits per heavy atom. The first-order chi connectivity index (χ1) is 21.4. The highest BCUT2D eigenvalue weighted by molar-refractivity contribution is 5.91. The van der Waals surface area contributed by atoms with E-state index in [0.717, 1.165) is 56.1 Å². The number of rotatable bonds is 6. The highest BCUT2D eigenvalue weighted by Gasteiger charge is 2.11. The standard InChI is InChI=1S/C42H34F2/c1-4-5-6-30-9-11-31(12-10-30)13-21-39-29(3)23-38(27-41(39)43)35-17-16-34-25-37(19-18-33(34)24-35)40-22-20-36(26-42(40)44)32-14-7-28(2)8-15-32/h7-12,14-20,22-27H,4-6H2,1-3H3. The molecular weight excluding hydrogens is 542 g/mol. The molecule has 0 atom stereocenters. The van der Waals surface area contributed by atoms with Crippen molar-refractivity contribution in [2.45, 2.75) is 40.0 Å². The first-order valence-corrected chi connectivity index (χ1v) is 15.2. The van der Waals surface area contributed by atoms with Gasteiger partial charge in [-0.15, -0.1) is 0 Å². The van der Waals surface area contributed by atoms with Gasteiger partial charge < -0.3 is 0 Å². The monoisotopic (exact) mass is 576 g/mol. The van der Waals surface area contributed by atoms with Gasteiger partial charge in [-0.2, -0.15) is 0 Å². The molecule has 216 valence electrons. The molecule has 6 aromatic rings. The molecule has 0 heterocycles. The lowest BCUT2D eigenvalue weighted by atomic mass is 9.95. The number of hydrogen-bond donors (Lipinski definition) is 0. The number of fused-ring (bicyclic) bond motifs is 1. The van der Waals surface area contributed by atoms with Crippen molar-refractivity contribution < 1.29 is 8.78 Å². The van der Waals surface area contributed by atoms with Crippen molar-refractivity contribution in [1.82, 2.24) is 0 Å². The Balaban J connectivity index is 1.23. The van der Waals surface area contributed by atoms with Gasteiger partial charge in [-0.3, -0.25) is 0 Å². The van der Waals surface area contributed by atoms with Crippen LogP contribution in [-0.4, -0.2) is 0 Å². The quantitative estimate of drug-likeness (QED) is 0.173.